The third-order valence-electron chi connectivity index (χ3n) is 4.83. The molecule has 0 unspecified atom stereocenters. The van der Waals surface area contributed by atoms with Crippen LogP contribution in [0.4, 0.5) is 0 Å². The van der Waals surface area contributed by atoms with Gasteiger partial charge in [-0.2, -0.15) is 5.10 Å². The zero-order chi connectivity index (χ0) is 22.3. The minimum atomic E-state index is -0.128. The van der Waals surface area contributed by atoms with Crippen molar-refractivity contribution < 1.29 is 18.7 Å². The van der Waals surface area contributed by atoms with Gasteiger partial charge in [0.2, 0.25) is 5.91 Å². The normalized spacial score (nSPS) is 10.7. The molecule has 9 heteroatoms. The highest BCUT2D eigenvalue weighted by molar-refractivity contribution is 5.76. The Balaban J connectivity index is 1.26. The Morgan fingerprint density at radius 3 is 2.31 bits per heavy atom. The molecule has 2 aromatic carbocycles. The molecule has 0 fully saturated rings. The number of oxazole rings is 1. The SMILES string of the molecule is COc1ccc(-c2n[nH]c(CNC(=O)CCc3ncc(-c4ccc(OC)cc4)o3)n2)cc1. The predicted octanol–water partition coefficient (Wildman–Crippen LogP) is 3.39. The summed E-state index contributed by atoms with van der Waals surface area (Å²) in [5, 5.41) is 9.87. The zero-order valence-electron chi connectivity index (χ0n) is 17.8. The summed E-state index contributed by atoms with van der Waals surface area (Å²) in [5.74, 6) is 3.69. The maximum absolute atomic E-state index is 12.2. The van der Waals surface area contributed by atoms with Gasteiger partial charge in [-0.1, -0.05) is 0 Å². The monoisotopic (exact) mass is 433 g/mol. The largest absolute Gasteiger partial charge is 0.497 e. The molecule has 32 heavy (non-hydrogen) atoms. The summed E-state index contributed by atoms with van der Waals surface area (Å²) in [6, 6.07) is 14.9. The number of aromatic amines is 1. The van der Waals surface area contributed by atoms with Crippen molar-refractivity contribution in [2.75, 3.05) is 14.2 Å². The Kier molecular flexibility index (Phi) is 6.45. The first-order valence-corrected chi connectivity index (χ1v) is 10.1. The van der Waals surface area contributed by atoms with Gasteiger partial charge in [0.1, 0.15) is 17.3 Å². The third kappa shape index (κ3) is 5.12. The molecule has 2 N–H and O–H groups in total. The van der Waals surface area contributed by atoms with E-state index in [2.05, 4.69) is 25.5 Å². The number of nitrogens with one attached hydrogen (secondary N) is 2. The van der Waals surface area contributed by atoms with Crippen LogP contribution in [0.5, 0.6) is 11.5 Å². The summed E-state index contributed by atoms with van der Waals surface area (Å²) in [6.45, 7) is 0.255. The van der Waals surface area contributed by atoms with Gasteiger partial charge in [-0.15, -0.1) is 0 Å². The van der Waals surface area contributed by atoms with Crippen LogP contribution in [0, 0.1) is 0 Å². The van der Waals surface area contributed by atoms with Crippen molar-refractivity contribution in [3.63, 3.8) is 0 Å². The maximum atomic E-state index is 12.2. The average molecular weight is 433 g/mol. The second-order valence-corrected chi connectivity index (χ2v) is 6.96. The fourth-order valence-electron chi connectivity index (χ4n) is 3.05. The van der Waals surface area contributed by atoms with Gasteiger partial charge in [-0.05, 0) is 48.5 Å². The van der Waals surface area contributed by atoms with Crippen molar-refractivity contribution in [3.05, 3.63) is 66.4 Å². The number of methoxy groups -OCH3 is 2. The van der Waals surface area contributed by atoms with Crippen LogP contribution in [-0.4, -0.2) is 40.3 Å². The van der Waals surface area contributed by atoms with Gasteiger partial charge in [0, 0.05) is 24.0 Å². The lowest BCUT2D eigenvalue weighted by Crippen LogP contribution is -2.23. The summed E-state index contributed by atoms with van der Waals surface area (Å²) in [6.07, 6.45) is 2.31. The molecule has 4 aromatic rings. The van der Waals surface area contributed by atoms with E-state index in [9.17, 15) is 4.79 Å². The van der Waals surface area contributed by atoms with Crippen LogP contribution in [0.3, 0.4) is 0 Å². The number of hydrogen-bond acceptors (Lipinski definition) is 7. The lowest BCUT2D eigenvalue weighted by Gasteiger charge is -2.02. The topological polar surface area (TPSA) is 115 Å². The van der Waals surface area contributed by atoms with Crippen LogP contribution < -0.4 is 14.8 Å². The molecule has 0 bridgehead atoms. The molecule has 0 radical (unpaired) electrons. The smallest absolute Gasteiger partial charge is 0.220 e. The van der Waals surface area contributed by atoms with Crippen molar-refractivity contribution in [2.45, 2.75) is 19.4 Å². The number of benzene rings is 2. The quantitative estimate of drug-likeness (QED) is 0.416. The summed E-state index contributed by atoms with van der Waals surface area (Å²) in [4.78, 5) is 20.9. The van der Waals surface area contributed by atoms with E-state index in [1.807, 2.05) is 48.5 Å². The first-order chi connectivity index (χ1) is 15.6. The van der Waals surface area contributed by atoms with E-state index < -0.39 is 0 Å². The molecule has 164 valence electrons. The van der Waals surface area contributed by atoms with Gasteiger partial charge in [-0.3, -0.25) is 9.89 Å². The number of hydrogen-bond donors (Lipinski definition) is 2. The zero-order valence-corrected chi connectivity index (χ0v) is 17.8. The maximum Gasteiger partial charge on any atom is 0.220 e. The number of nitrogens with zero attached hydrogens (tertiary/aromatic N) is 3. The van der Waals surface area contributed by atoms with E-state index in [4.69, 9.17) is 13.9 Å². The minimum absolute atomic E-state index is 0.128. The molecule has 0 aliphatic heterocycles. The predicted molar refractivity (Wildman–Crippen MR) is 117 cm³/mol. The summed E-state index contributed by atoms with van der Waals surface area (Å²) >= 11 is 0. The molecular weight excluding hydrogens is 410 g/mol. The van der Waals surface area contributed by atoms with E-state index in [0.29, 0.717) is 29.7 Å². The molecule has 0 aliphatic carbocycles. The molecule has 0 saturated carbocycles. The number of rotatable bonds is 9. The Bertz CT molecular complexity index is 1070. The number of aryl methyl sites for hydroxylation is 1. The highest BCUT2D eigenvalue weighted by Gasteiger charge is 2.11. The van der Waals surface area contributed by atoms with Crippen LogP contribution in [0.2, 0.25) is 0 Å². The fourth-order valence-corrected chi connectivity index (χ4v) is 3.05. The molecule has 9 nitrogen and oxygen atoms in total. The minimum Gasteiger partial charge on any atom is -0.497 e. The van der Waals surface area contributed by atoms with Crippen LogP contribution in [0.25, 0.3) is 22.7 Å². The highest BCUT2D eigenvalue weighted by atomic mass is 16.5. The third-order valence-corrected chi connectivity index (χ3v) is 4.83. The van der Waals surface area contributed by atoms with Crippen molar-refractivity contribution >= 4 is 5.91 Å². The van der Waals surface area contributed by atoms with Gasteiger partial charge < -0.3 is 19.2 Å². The van der Waals surface area contributed by atoms with Crippen LogP contribution >= 0.6 is 0 Å². The van der Waals surface area contributed by atoms with Crippen molar-refractivity contribution in [1.29, 1.82) is 0 Å². The first-order valence-electron chi connectivity index (χ1n) is 10.1. The molecule has 0 spiro atoms. The van der Waals surface area contributed by atoms with E-state index in [0.717, 1.165) is 22.6 Å². The number of H-pyrrole nitrogens is 1. The fraction of sp³-hybridized carbons (Fsp3) is 0.217. The van der Waals surface area contributed by atoms with Gasteiger partial charge in [-0.25, -0.2) is 9.97 Å². The number of amides is 1. The van der Waals surface area contributed by atoms with Crippen LogP contribution in [0.1, 0.15) is 18.1 Å². The summed E-state index contributed by atoms with van der Waals surface area (Å²) in [7, 11) is 3.24. The van der Waals surface area contributed by atoms with E-state index >= 15 is 0 Å². The molecule has 2 heterocycles. The Hall–Kier alpha value is -4.14. The second-order valence-electron chi connectivity index (χ2n) is 6.96. The van der Waals surface area contributed by atoms with Gasteiger partial charge in [0.25, 0.3) is 0 Å². The summed E-state index contributed by atoms with van der Waals surface area (Å²) < 4.78 is 16.1. The molecule has 0 atom stereocenters. The molecule has 0 saturated heterocycles. The van der Waals surface area contributed by atoms with Crippen LogP contribution in [-0.2, 0) is 17.8 Å². The standard InChI is InChI=1S/C23H23N5O4/c1-30-17-7-3-15(4-8-17)19-13-25-22(32-19)12-11-21(29)24-14-20-26-23(28-27-20)16-5-9-18(31-2)10-6-16/h3-10,13H,11-12,14H2,1-2H3,(H,24,29)(H,26,27,28). The number of carbonyl (C=O) groups is 1. The first kappa shape index (κ1) is 21.1. The van der Waals surface area contributed by atoms with Gasteiger partial charge in [0.15, 0.2) is 17.5 Å². The number of ether oxygens (including phenoxy) is 2. The Morgan fingerprint density at radius 2 is 1.66 bits per heavy atom. The Morgan fingerprint density at radius 1 is 1.00 bits per heavy atom. The van der Waals surface area contributed by atoms with E-state index in [1.54, 1.807) is 20.4 Å². The van der Waals surface area contributed by atoms with Crippen molar-refractivity contribution in [1.82, 2.24) is 25.5 Å². The molecular formula is C23H23N5O4. The highest BCUT2D eigenvalue weighted by Crippen LogP contribution is 2.23. The van der Waals surface area contributed by atoms with E-state index in [1.165, 1.54) is 0 Å². The van der Waals surface area contributed by atoms with Crippen LogP contribution in [0.15, 0.2) is 59.1 Å². The number of aromatic nitrogens is 4. The van der Waals surface area contributed by atoms with Crippen molar-refractivity contribution in [2.24, 2.45) is 0 Å². The van der Waals surface area contributed by atoms with E-state index in [-0.39, 0.29) is 18.9 Å². The second kappa shape index (κ2) is 9.78. The summed E-state index contributed by atoms with van der Waals surface area (Å²) in [5.41, 5.74) is 1.75. The Labute approximate surface area is 184 Å². The molecule has 0 aliphatic rings. The average Bonchev–Trinajstić information content (AvgIpc) is 3.51. The van der Waals surface area contributed by atoms with Gasteiger partial charge in [0.05, 0.1) is 27.0 Å². The number of carbonyl (C=O) groups excluding carboxylic acids is 1. The molecule has 1 amide bonds. The lowest BCUT2D eigenvalue weighted by molar-refractivity contribution is -0.121. The molecule has 4 rings (SSSR count). The van der Waals surface area contributed by atoms with Gasteiger partial charge >= 0.3 is 0 Å². The molecule has 2 aromatic heterocycles. The lowest BCUT2D eigenvalue weighted by atomic mass is 10.2. The van der Waals surface area contributed by atoms with Crippen molar-refractivity contribution in [3.8, 4) is 34.2 Å².